The molecule has 0 bridgehead atoms. The lowest BCUT2D eigenvalue weighted by Gasteiger charge is -2.31. The molecule has 1 N–H and O–H groups in total. The van der Waals surface area contributed by atoms with Crippen LogP contribution in [0.5, 0.6) is 0 Å². The SMILES string of the molecule is CCCNCC1CCCCN(C)C1c1csc(C)n1. The Morgan fingerprint density at radius 2 is 2.32 bits per heavy atom. The molecule has 1 saturated heterocycles. The summed E-state index contributed by atoms with van der Waals surface area (Å²) in [6, 6.07) is 0.497. The number of hydrogen-bond donors (Lipinski definition) is 1. The standard InChI is InChI=1S/C15H27N3S/c1-4-8-16-10-13-7-5-6-9-18(3)15(13)14-11-19-12(2)17-14/h11,13,15-16H,4-10H2,1-3H3. The fraction of sp³-hybridized carbons (Fsp3) is 0.800. The Bertz CT molecular complexity index is 377. The van der Waals surface area contributed by atoms with Crippen molar-refractivity contribution >= 4 is 11.3 Å². The summed E-state index contributed by atoms with van der Waals surface area (Å²) in [7, 11) is 2.26. The number of aryl methyl sites for hydroxylation is 1. The van der Waals surface area contributed by atoms with Crippen LogP contribution >= 0.6 is 11.3 Å². The maximum absolute atomic E-state index is 4.75. The highest BCUT2D eigenvalue weighted by atomic mass is 32.1. The van der Waals surface area contributed by atoms with E-state index in [1.54, 1.807) is 11.3 Å². The van der Waals surface area contributed by atoms with Crippen LogP contribution in [0.25, 0.3) is 0 Å². The van der Waals surface area contributed by atoms with Crippen molar-refractivity contribution in [3.8, 4) is 0 Å². The Balaban J connectivity index is 2.11. The molecule has 3 nitrogen and oxygen atoms in total. The van der Waals surface area contributed by atoms with Gasteiger partial charge in [0.2, 0.25) is 0 Å². The van der Waals surface area contributed by atoms with Crippen LogP contribution < -0.4 is 5.32 Å². The van der Waals surface area contributed by atoms with Gasteiger partial charge in [0.25, 0.3) is 0 Å². The van der Waals surface area contributed by atoms with Crippen molar-refractivity contribution < 1.29 is 0 Å². The molecule has 1 fully saturated rings. The van der Waals surface area contributed by atoms with Crippen LogP contribution in [0.4, 0.5) is 0 Å². The van der Waals surface area contributed by atoms with E-state index in [0.717, 1.165) is 13.1 Å². The van der Waals surface area contributed by atoms with Gasteiger partial charge in [-0.2, -0.15) is 0 Å². The number of thiazole rings is 1. The molecule has 108 valence electrons. The van der Waals surface area contributed by atoms with E-state index >= 15 is 0 Å². The molecule has 0 aromatic carbocycles. The first-order chi connectivity index (χ1) is 9.22. The zero-order valence-electron chi connectivity index (χ0n) is 12.5. The molecular weight excluding hydrogens is 254 g/mol. The zero-order chi connectivity index (χ0) is 13.7. The summed E-state index contributed by atoms with van der Waals surface area (Å²) in [6.45, 7) is 7.79. The lowest BCUT2D eigenvalue weighted by atomic mass is 9.92. The highest BCUT2D eigenvalue weighted by molar-refractivity contribution is 7.09. The summed E-state index contributed by atoms with van der Waals surface area (Å²) in [6.07, 6.45) is 5.20. The molecule has 1 aliphatic rings. The van der Waals surface area contributed by atoms with Crippen molar-refractivity contribution in [2.24, 2.45) is 5.92 Å². The third kappa shape index (κ3) is 4.01. The van der Waals surface area contributed by atoms with Gasteiger partial charge in [0.1, 0.15) is 0 Å². The molecule has 0 amide bonds. The maximum atomic E-state index is 4.75. The van der Waals surface area contributed by atoms with Crippen LogP contribution in [0.2, 0.25) is 0 Å². The highest BCUT2D eigenvalue weighted by Gasteiger charge is 2.30. The van der Waals surface area contributed by atoms with Crippen molar-refractivity contribution in [1.29, 1.82) is 0 Å². The second kappa shape index (κ2) is 7.36. The van der Waals surface area contributed by atoms with Crippen LogP contribution in [-0.4, -0.2) is 36.6 Å². The first-order valence-corrected chi connectivity index (χ1v) is 8.43. The van der Waals surface area contributed by atoms with Gasteiger partial charge in [-0.15, -0.1) is 11.3 Å². The summed E-state index contributed by atoms with van der Waals surface area (Å²) in [5, 5.41) is 7.06. The molecule has 1 aromatic rings. The molecule has 2 heterocycles. The predicted octanol–water partition coefficient (Wildman–Crippen LogP) is 3.22. The maximum Gasteiger partial charge on any atom is 0.0898 e. The Morgan fingerprint density at radius 1 is 1.47 bits per heavy atom. The van der Waals surface area contributed by atoms with Crippen molar-refractivity contribution in [3.05, 3.63) is 16.1 Å². The lowest BCUT2D eigenvalue weighted by Crippen LogP contribution is -2.35. The fourth-order valence-electron chi connectivity index (χ4n) is 3.09. The van der Waals surface area contributed by atoms with Crippen molar-refractivity contribution in [2.75, 3.05) is 26.7 Å². The molecular formula is C15H27N3S. The van der Waals surface area contributed by atoms with E-state index in [-0.39, 0.29) is 0 Å². The first-order valence-electron chi connectivity index (χ1n) is 7.55. The fourth-order valence-corrected chi connectivity index (χ4v) is 3.73. The van der Waals surface area contributed by atoms with E-state index in [4.69, 9.17) is 4.98 Å². The smallest absolute Gasteiger partial charge is 0.0898 e. The van der Waals surface area contributed by atoms with Crippen LogP contribution in [0.1, 0.15) is 49.4 Å². The molecule has 0 aliphatic carbocycles. The van der Waals surface area contributed by atoms with Gasteiger partial charge in [-0.05, 0) is 58.8 Å². The minimum Gasteiger partial charge on any atom is -0.316 e. The van der Waals surface area contributed by atoms with Gasteiger partial charge >= 0.3 is 0 Å². The van der Waals surface area contributed by atoms with Gasteiger partial charge in [0, 0.05) is 5.38 Å². The Hall–Kier alpha value is -0.450. The van der Waals surface area contributed by atoms with Crippen molar-refractivity contribution in [2.45, 2.75) is 45.6 Å². The highest BCUT2D eigenvalue weighted by Crippen LogP contribution is 2.34. The summed E-state index contributed by atoms with van der Waals surface area (Å²) < 4.78 is 0. The van der Waals surface area contributed by atoms with Gasteiger partial charge in [-0.3, -0.25) is 4.90 Å². The molecule has 19 heavy (non-hydrogen) atoms. The van der Waals surface area contributed by atoms with E-state index < -0.39 is 0 Å². The van der Waals surface area contributed by atoms with E-state index in [2.05, 4.69) is 36.5 Å². The van der Waals surface area contributed by atoms with Gasteiger partial charge in [-0.25, -0.2) is 4.98 Å². The molecule has 1 aromatic heterocycles. The summed E-state index contributed by atoms with van der Waals surface area (Å²) in [4.78, 5) is 7.27. The summed E-state index contributed by atoms with van der Waals surface area (Å²) in [5.74, 6) is 0.695. The molecule has 1 aliphatic heterocycles. The molecule has 4 heteroatoms. The number of nitrogens with zero attached hydrogens (tertiary/aromatic N) is 2. The topological polar surface area (TPSA) is 28.2 Å². The van der Waals surface area contributed by atoms with Crippen LogP contribution in [0.15, 0.2) is 5.38 Å². The Kier molecular flexibility index (Phi) is 5.79. The van der Waals surface area contributed by atoms with Gasteiger partial charge in [-0.1, -0.05) is 13.3 Å². The number of likely N-dealkylation sites (tertiary alicyclic amines) is 1. The predicted molar refractivity (Wildman–Crippen MR) is 82.7 cm³/mol. The monoisotopic (exact) mass is 281 g/mol. The lowest BCUT2D eigenvalue weighted by molar-refractivity contribution is 0.185. The zero-order valence-corrected chi connectivity index (χ0v) is 13.3. The molecule has 0 spiro atoms. The Labute approximate surface area is 121 Å². The molecule has 0 radical (unpaired) electrons. The summed E-state index contributed by atoms with van der Waals surface area (Å²) >= 11 is 1.78. The number of rotatable bonds is 5. The van der Waals surface area contributed by atoms with Crippen LogP contribution in [0, 0.1) is 12.8 Å². The molecule has 2 atom stereocenters. The van der Waals surface area contributed by atoms with Crippen LogP contribution in [0.3, 0.4) is 0 Å². The minimum atomic E-state index is 0.497. The second-order valence-electron chi connectivity index (χ2n) is 5.68. The van der Waals surface area contributed by atoms with Gasteiger partial charge < -0.3 is 5.32 Å². The first kappa shape index (κ1) is 14.9. The number of nitrogens with one attached hydrogen (secondary N) is 1. The molecule has 2 rings (SSSR count). The normalized spacial score (nSPS) is 25.4. The molecule has 2 unspecified atom stereocenters. The van der Waals surface area contributed by atoms with E-state index in [9.17, 15) is 0 Å². The van der Waals surface area contributed by atoms with Crippen LogP contribution in [-0.2, 0) is 0 Å². The third-order valence-corrected chi connectivity index (χ3v) is 4.82. The van der Waals surface area contributed by atoms with Gasteiger partial charge in [0.05, 0.1) is 16.7 Å². The average molecular weight is 281 g/mol. The number of aromatic nitrogens is 1. The van der Waals surface area contributed by atoms with Gasteiger partial charge in [0.15, 0.2) is 0 Å². The third-order valence-electron chi connectivity index (χ3n) is 4.03. The van der Waals surface area contributed by atoms with E-state index in [0.29, 0.717) is 12.0 Å². The minimum absolute atomic E-state index is 0.497. The Morgan fingerprint density at radius 3 is 3.00 bits per heavy atom. The number of hydrogen-bond acceptors (Lipinski definition) is 4. The summed E-state index contributed by atoms with van der Waals surface area (Å²) in [5.41, 5.74) is 1.29. The van der Waals surface area contributed by atoms with E-state index in [1.807, 2.05) is 0 Å². The average Bonchev–Trinajstić information content (AvgIpc) is 2.72. The largest absolute Gasteiger partial charge is 0.316 e. The van der Waals surface area contributed by atoms with E-state index in [1.165, 1.54) is 42.9 Å². The second-order valence-corrected chi connectivity index (χ2v) is 6.74. The quantitative estimate of drug-likeness (QED) is 0.840. The van der Waals surface area contributed by atoms with Crippen molar-refractivity contribution in [1.82, 2.24) is 15.2 Å². The molecule has 0 saturated carbocycles. The van der Waals surface area contributed by atoms with Crippen molar-refractivity contribution in [3.63, 3.8) is 0 Å².